The first kappa shape index (κ1) is 13.6. The van der Waals surface area contributed by atoms with Crippen LogP contribution in [0.15, 0.2) is 53.3 Å². The number of piperazine rings is 1. The van der Waals surface area contributed by atoms with Crippen molar-refractivity contribution in [3.8, 4) is 0 Å². The highest BCUT2D eigenvalue weighted by molar-refractivity contribution is 5.92. The van der Waals surface area contributed by atoms with E-state index in [9.17, 15) is 9.59 Å². The van der Waals surface area contributed by atoms with Crippen molar-refractivity contribution < 1.29 is 4.79 Å². The van der Waals surface area contributed by atoms with Crippen LogP contribution in [-0.4, -0.2) is 35.4 Å². The maximum Gasteiger partial charge on any atom is 0.270 e. The minimum absolute atomic E-state index is 0.0174. The lowest BCUT2D eigenvalue weighted by molar-refractivity contribution is 0.0628. The van der Waals surface area contributed by atoms with Crippen LogP contribution in [0, 0.1) is 0 Å². The van der Waals surface area contributed by atoms with Gasteiger partial charge in [-0.1, -0.05) is 36.4 Å². The molecule has 0 aliphatic carbocycles. The minimum atomic E-state index is -0.257. The summed E-state index contributed by atoms with van der Waals surface area (Å²) in [5.41, 5.74) is 1.17. The van der Waals surface area contributed by atoms with E-state index < -0.39 is 0 Å². The van der Waals surface area contributed by atoms with E-state index in [1.807, 2.05) is 35.2 Å². The van der Waals surface area contributed by atoms with Crippen LogP contribution in [-0.2, 0) is 0 Å². The fraction of sp³-hybridized carbons (Fsp3) is 0.250. The standard InChI is InChI=1S/C16H17N3O2/c20-15-8-4-7-13(18-15)16(21)19-10-9-17-11-14(19)12-5-2-1-3-6-12/h1-8,14,17H,9-11H2,(H,18,20)/t14-/m1/s1. The van der Waals surface area contributed by atoms with Crippen LogP contribution in [0.4, 0.5) is 0 Å². The first-order chi connectivity index (χ1) is 10.3. The summed E-state index contributed by atoms with van der Waals surface area (Å²) >= 11 is 0. The van der Waals surface area contributed by atoms with Gasteiger partial charge in [0.25, 0.3) is 5.91 Å². The van der Waals surface area contributed by atoms with Crippen molar-refractivity contribution in [2.24, 2.45) is 0 Å². The zero-order valence-corrected chi connectivity index (χ0v) is 11.6. The van der Waals surface area contributed by atoms with Crippen LogP contribution in [0.5, 0.6) is 0 Å². The van der Waals surface area contributed by atoms with Crippen molar-refractivity contribution in [2.75, 3.05) is 19.6 Å². The summed E-state index contributed by atoms with van der Waals surface area (Å²) in [4.78, 5) is 28.5. The number of benzene rings is 1. The van der Waals surface area contributed by atoms with E-state index in [0.717, 1.165) is 12.1 Å². The predicted octanol–water partition coefficient (Wildman–Crippen LogP) is 1.16. The van der Waals surface area contributed by atoms with Gasteiger partial charge in [-0.15, -0.1) is 0 Å². The van der Waals surface area contributed by atoms with E-state index in [0.29, 0.717) is 18.8 Å². The Morgan fingerprint density at radius 1 is 1.10 bits per heavy atom. The van der Waals surface area contributed by atoms with Gasteiger partial charge in [0.15, 0.2) is 0 Å². The Morgan fingerprint density at radius 3 is 2.67 bits per heavy atom. The number of hydrogen-bond acceptors (Lipinski definition) is 3. The Kier molecular flexibility index (Phi) is 3.83. The van der Waals surface area contributed by atoms with Crippen LogP contribution >= 0.6 is 0 Å². The van der Waals surface area contributed by atoms with Gasteiger partial charge in [-0.25, -0.2) is 0 Å². The number of carbonyl (C=O) groups excluding carboxylic acids is 1. The van der Waals surface area contributed by atoms with Gasteiger partial charge in [-0.3, -0.25) is 9.59 Å². The van der Waals surface area contributed by atoms with Gasteiger partial charge in [0.2, 0.25) is 5.56 Å². The fourth-order valence-corrected chi connectivity index (χ4v) is 2.65. The summed E-state index contributed by atoms with van der Waals surface area (Å²) in [5, 5.41) is 3.32. The van der Waals surface area contributed by atoms with Crippen molar-refractivity contribution in [3.05, 3.63) is 70.1 Å². The van der Waals surface area contributed by atoms with Gasteiger partial charge in [-0.2, -0.15) is 0 Å². The molecule has 1 aliphatic rings. The summed E-state index contributed by atoms with van der Waals surface area (Å²) in [7, 11) is 0. The van der Waals surface area contributed by atoms with Crippen molar-refractivity contribution in [1.29, 1.82) is 0 Å². The molecule has 1 fully saturated rings. The van der Waals surface area contributed by atoms with Crippen LogP contribution < -0.4 is 10.9 Å². The molecule has 21 heavy (non-hydrogen) atoms. The van der Waals surface area contributed by atoms with Crippen LogP contribution in [0.25, 0.3) is 0 Å². The highest BCUT2D eigenvalue weighted by Crippen LogP contribution is 2.23. The quantitative estimate of drug-likeness (QED) is 0.869. The Morgan fingerprint density at radius 2 is 1.90 bits per heavy atom. The van der Waals surface area contributed by atoms with E-state index in [4.69, 9.17) is 0 Å². The normalized spacial score (nSPS) is 18.5. The lowest BCUT2D eigenvalue weighted by atomic mass is 10.0. The van der Waals surface area contributed by atoms with Gasteiger partial charge >= 0.3 is 0 Å². The molecule has 2 heterocycles. The number of carbonyl (C=O) groups is 1. The third kappa shape index (κ3) is 2.87. The number of aromatic nitrogens is 1. The summed E-state index contributed by atoms with van der Waals surface area (Å²) in [6.07, 6.45) is 0. The molecular weight excluding hydrogens is 266 g/mol. The van der Waals surface area contributed by atoms with Crippen LogP contribution in [0.2, 0.25) is 0 Å². The highest BCUT2D eigenvalue weighted by atomic mass is 16.2. The third-order valence-corrected chi connectivity index (χ3v) is 3.69. The Labute approximate surface area is 122 Å². The molecule has 1 saturated heterocycles. The number of H-pyrrole nitrogens is 1. The number of amides is 1. The zero-order chi connectivity index (χ0) is 14.7. The number of nitrogens with zero attached hydrogens (tertiary/aromatic N) is 1. The van der Waals surface area contributed by atoms with E-state index in [1.165, 1.54) is 6.07 Å². The van der Waals surface area contributed by atoms with E-state index in [1.54, 1.807) is 12.1 Å². The fourth-order valence-electron chi connectivity index (χ4n) is 2.65. The molecule has 1 aromatic heterocycles. The summed E-state index contributed by atoms with van der Waals surface area (Å²) < 4.78 is 0. The molecule has 1 aromatic carbocycles. The molecule has 1 amide bonds. The highest BCUT2D eigenvalue weighted by Gasteiger charge is 2.28. The molecule has 1 atom stereocenters. The van der Waals surface area contributed by atoms with Gasteiger partial charge in [0.05, 0.1) is 6.04 Å². The zero-order valence-electron chi connectivity index (χ0n) is 11.6. The maximum absolute atomic E-state index is 12.7. The maximum atomic E-state index is 12.7. The molecular formula is C16H17N3O2. The number of hydrogen-bond donors (Lipinski definition) is 2. The van der Waals surface area contributed by atoms with E-state index in [-0.39, 0.29) is 17.5 Å². The molecule has 1 aliphatic heterocycles. The monoisotopic (exact) mass is 283 g/mol. The Balaban J connectivity index is 1.91. The van der Waals surface area contributed by atoms with Crippen molar-refractivity contribution in [1.82, 2.24) is 15.2 Å². The number of nitrogens with one attached hydrogen (secondary N) is 2. The summed E-state index contributed by atoms with van der Waals surface area (Å²) in [6, 6.07) is 14.6. The third-order valence-electron chi connectivity index (χ3n) is 3.69. The van der Waals surface area contributed by atoms with Crippen LogP contribution in [0.3, 0.4) is 0 Å². The Hall–Kier alpha value is -2.40. The number of pyridine rings is 1. The largest absolute Gasteiger partial charge is 0.328 e. The lowest BCUT2D eigenvalue weighted by Gasteiger charge is -2.36. The molecule has 3 rings (SSSR count). The number of aromatic amines is 1. The molecule has 0 radical (unpaired) electrons. The second-order valence-electron chi connectivity index (χ2n) is 5.06. The van der Waals surface area contributed by atoms with Crippen molar-refractivity contribution in [3.63, 3.8) is 0 Å². The summed E-state index contributed by atoms with van der Waals surface area (Å²) in [5.74, 6) is -0.136. The average molecular weight is 283 g/mol. The van der Waals surface area contributed by atoms with Gasteiger partial charge < -0.3 is 15.2 Å². The predicted molar refractivity (Wildman–Crippen MR) is 80.2 cm³/mol. The molecule has 5 heteroatoms. The molecule has 0 bridgehead atoms. The molecule has 0 spiro atoms. The Bertz CT molecular complexity index is 681. The topological polar surface area (TPSA) is 65.2 Å². The van der Waals surface area contributed by atoms with E-state index in [2.05, 4.69) is 10.3 Å². The number of rotatable bonds is 2. The van der Waals surface area contributed by atoms with Gasteiger partial charge in [0.1, 0.15) is 5.69 Å². The van der Waals surface area contributed by atoms with Gasteiger partial charge in [-0.05, 0) is 11.6 Å². The molecule has 5 nitrogen and oxygen atoms in total. The smallest absolute Gasteiger partial charge is 0.270 e. The first-order valence-corrected chi connectivity index (χ1v) is 7.02. The summed E-state index contributed by atoms with van der Waals surface area (Å²) in [6.45, 7) is 2.09. The van der Waals surface area contributed by atoms with Crippen LogP contribution in [0.1, 0.15) is 22.1 Å². The van der Waals surface area contributed by atoms with Crippen molar-refractivity contribution >= 4 is 5.91 Å². The molecule has 2 N–H and O–H groups in total. The molecule has 2 aromatic rings. The second kappa shape index (κ2) is 5.93. The average Bonchev–Trinajstić information content (AvgIpc) is 2.55. The molecule has 0 unspecified atom stereocenters. The second-order valence-corrected chi connectivity index (χ2v) is 5.06. The minimum Gasteiger partial charge on any atom is -0.328 e. The molecule has 0 saturated carbocycles. The van der Waals surface area contributed by atoms with Gasteiger partial charge in [0, 0.05) is 25.7 Å². The lowest BCUT2D eigenvalue weighted by Crippen LogP contribution is -2.49. The SMILES string of the molecule is O=C(c1cccc(=O)[nH]1)N1CCNC[C@@H]1c1ccccc1. The molecule has 108 valence electrons. The van der Waals surface area contributed by atoms with Crippen molar-refractivity contribution in [2.45, 2.75) is 6.04 Å². The van der Waals surface area contributed by atoms with E-state index >= 15 is 0 Å². The first-order valence-electron chi connectivity index (χ1n) is 7.02.